The third kappa shape index (κ3) is 3.63. The summed E-state index contributed by atoms with van der Waals surface area (Å²) >= 11 is 1.39. The van der Waals surface area contributed by atoms with Gasteiger partial charge in [-0.1, -0.05) is 32.1 Å². The van der Waals surface area contributed by atoms with Crippen molar-refractivity contribution in [1.29, 1.82) is 0 Å². The summed E-state index contributed by atoms with van der Waals surface area (Å²) in [4.78, 5) is 13.8. The quantitative estimate of drug-likeness (QED) is 0.884. The van der Waals surface area contributed by atoms with E-state index in [9.17, 15) is 4.79 Å². The van der Waals surface area contributed by atoms with Gasteiger partial charge in [0, 0.05) is 18.0 Å². The van der Waals surface area contributed by atoms with Crippen LogP contribution in [0.15, 0.2) is 0 Å². The van der Waals surface area contributed by atoms with Crippen LogP contribution >= 0.6 is 11.3 Å². The molecule has 2 amide bonds. The molecule has 1 saturated carbocycles. The van der Waals surface area contributed by atoms with Crippen molar-refractivity contribution in [1.82, 2.24) is 15.1 Å². The molecule has 1 heterocycles. The summed E-state index contributed by atoms with van der Waals surface area (Å²) in [6, 6.07) is 0.0651. The van der Waals surface area contributed by atoms with Crippen molar-refractivity contribution < 1.29 is 9.90 Å². The fraction of sp³-hybridized carbons (Fsp3) is 0.750. The lowest BCUT2D eigenvalue weighted by Gasteiger charge is -2.20. The van der Waals surface area contributed by atoms with E-state index in [0.717, 1.165) is 17.8 Å². The predicted molar refractivity (Wildman–Crippen MR) is 74.4 cm³/mol. The smallest absolute Gasteiger partial charge is 0.324 e. The molecule has 0 atom stereocenters. The minimum absolute atomic E-state index is 0.0206. The van der Waals surface area contributed by atoms with Crippen LogP contribution in [0.3, 0.4) is 0 Å². The molecule has 7 heteroatoms. The Kier molecular flexibility index (Phi) is 4.05. The minimum Gasteiger partial charge on any atom is -0.395 e. The Morgan fingerprint density at radius 2 is 2.16 bits per heavy atom. The number of aromatic nitrogens is 2. The Balaban J connectivity index is 1.99. The molecule has 0 aliphatic heterocycles. The zero-order valence-corrected chi connectivity index (χ0v) is 12.3. The zero-order valence-electron chi connectivity index (χ0n) is 11.5. The molecular weight excluding hydrogens is 264 g/mol. The van der Waals surface area contributed by atoms with Gasteiger partial charge in [-0.25, -0.2) is 4.79 Å². The van der Waals surface area contributed by atoms with Gasteiger partial charge in [0.25, 0.3) is 0 Å². The zero-order chi connectivity index (χ0) is 14.0. The lowest BCUT2D eigenvalue weighted by molar-refractivity contribution is 0.185. The first-order valence-electron chi connectivity index (χ1n) is 6.44. The van der Waals surface area contributed by atoms with Crippen LogP contribution in [-0.4, -0.2) is 45.4 Å². The van der Waals surface area contributed by atoms with E-state index in [2.05, 4.69) is 36.3 Å². The molecule has 6 nitrogen and oxygen atoms in total. The Morgan fingerprint density at radius 3 is 2.63 bits per heavy atom. The Morgan fingerprint density at radius 1 is 1.47 bits per heavy atom. The number of carbonyl (C=O) groups excluding carboxylic acids is 1. The molecular formula is C12H20N4O2S. The number of amides is 2. The minimum atomic E-state index is -0.201. The standard InChI is InChI=1S/C12H20N4O2S/c1-12(2,3)9-14-15-10(19-9)13-11(18)16(6-7-17)8-4-5-8/h8,17H,4-7H2,1-3H3,(H,13,15,18). The van der Waals surface area contributed by atoms with E-state index < -0.39 is 0 Å². The van der Waals surface area contributed by atoms with E-state index in [1.807, 2.05) is 0 Å². The first kappa shape index (κ1) is 14.2. The second-order valence-corrected chi connectivity index (χ2v) is 6.72. The van der Waals surface area contributed by atoms with Gasteiger partial charge < -0.3 is 10.0 Å². The monoisotopic (exact) mass is 284 g/mol. The fourth-order valence-corrected chi connectivity index (χ4v) is 2.47. The second kappa shape index (κ2) is 5.42. The first-order valence-corrected chi connectivity index (χ1v) is 7.26. The second-order valence-electron chi connectivity index (χ2n) is 5.74. The summed E-state index contributed by atoms with van der Waals surface area (Å²) in [5.74, 6) is 0. The Bertz CT molecular complexity index is 451. The number of rotatable bonds is 4. The molecule has 0 unspecified atom stereocenters. The maximum atomic E-state index is 12.1. The number of hydrogen-bond donors (Lipinski definition) is 2. The Labute approximate surface area is 116 Å². The average Bonchev–Trinajstić information content (AvgIpc) is 3.03. The van der Waals surface area contributed by atoms with E-state index in [1.54, 1.807) is 4.90 Å². The molecule has 1 aromatic rings. The van der Waals surface area contributed by atoms with Crippen LogP contribution < -0.4 is 5.32 Å². The summed E-state index contributed by atoms with van der Waals surface area (Å²) < 4.78 is 0. The van der Waals surface area contributed by atoms with Crippen LogP contribution in [-0.2, 0) is 5.41 Å². The molecule has 0 bridgehead atoms. The number of hydrogen-bond acceptors (Lipinski definition) is 5. The van der Waals surface area contributed by atoms with Crippen LogP contribution in [0.5, 0.6) is 0 Å². The number of anilines is 1. The summed E-state index contributed by atoms with van der Waals surface area (Å²) in [7, 11) is 0. The van der Waals surface area contributed by atoms with E-state index in [0.29, 0.717) is 11.7 Å². The van der Waals surface area contributed by atoms with E-state index in [-0.39, 0.29) is 24.1 Å². The molecule has 19 heavy (non-hydrogen) atoms. The van der Waals surface area contributed by atoms with E-state index in [1.165, 1.54) is 11.3 Å². The normalized spacial score (nSPS) is 15.4. The van der Waals surface area contributed by atoms with Crippen LogP contribution in [0.25, 0.3) is 0 Å². The summed E-state index contributed by atoms with van der Waals surface area (Å²) in [6.07, 6.45) is 2.02. The third-order valence-corrected chi connectivity index (χ3v) is 4.13. The SMILES string of the molecule is CC(C)(C)c1nnc(NC(=O)N(CCO)C2CC2)s1. The van der Waals surface area contributed by atoms with E-state index in [4.69, 9.17) is 5.11 Å². The number of aliphatic hydroxyl groups excluding tert-OH is 1. The van der Waals surface area contributed by atoms with Gasteiger partial charge in [-0.15, -0.1) is 10.2 Å². The molecule has 1 fully saturated rings. The van der Waals surface area contributed by atoms with Gasteiger partial charge in [0.2, 0.25) is 5.13 Å². The van der Waals surface area contributed by atoms with Crippen molar-refractivity contribution in [3.05, 3.63) is 5.01 Å². The van der Waals surface area contributed by atoms with Gasteiger partial charge in [-0.05, 0) is 12.8 Å². The molecule has 0 saturated heterocycles. The number of carbonyl (C=O) groups is 1. The molecule has 1 aromatic heterocycles. The third-order valence-electron chi connectivity index (χ3n) is 2.87. The lowest BCUT2D eigenvalue weighted by Crippen LogP contribution is -2.38. The highest BCUT2D eigenvalue weighted by Gasteiger charge is 2.32. The van der Waals surface area contributed by atoms with Gasteiger partial charge >= 0.3 is 6.03 Å². The van der Waals surface area contributed by atoms with Crippen molar-refractivity contribution in [2.45, 2.75) is 45.1 Å². The Hall–Kier alpha value is -1.21. The van der Waals surface area contributed by atoms with Crippen molar-refractivity contribution in [3.8, 4) is 0 Å². The number of urea groups is 1. The molecule has 106 valence electrons. The van der Waals surface area contributed by atoms with Gasteiger partial charge in [-0.3, -0.25) is 5.32 Å². The first-order chi connectivity index (χ1) is 8.91. The molecule has 2 N–H and O–H groups in total. The molecule has 1 aliphatic carbocycles. The van der Waals surface area contributed by atoms with Gasteiger partial charge in [0.1, 0.15) is 5.01 Å². The molecule has 0 spiro atoms. The highest BCUT2D eigenvalue weighted by molar-refractivity contribution is 7.15. The van der Waals surface area contributed by atoms with Crippen molar-refractivity contribution in [2.75, 3.05) is 18.5 Å². The number of nitrogens with one attached hydrogen (secondary N) is 1. The molecule has 0 aromatic carbocycles. The maximum absolute atomic E-state index is 12.1. The average molecular weight is 284 g/mol. The highest BCUT2D eigenvalue weighted by atomic mass is 32.1. The fourth-order valence-electron chi connectivity index (χ4n) is 1.68. The largest absolute Gasteiger partial charge is 0.395 e. The van der Waals surface area contributed by atoms with Crippen LogP contribution in [0, 0.1) is 0 Å². The van der Waals surface area contributed by atoms with Crippen LogP contribution in [0.2, 0.25) is 0 Å². The van der Waals surface area contributed by atoms with Crippen molar-refractivity contribution in [2.24, 2.45) is 0 Å². The summed E-state index contributed by atoms with van der Waals surface area (Å²) in [5, 5.41) is 21.2. The van der Waals surface area contributed by atoms with Crippen molar-refractivity contribution >= 4 is 22.5 Å². The molecule has 0 radical (unpaired) electrons. The highest BCUT2D eigenvalue weighted by Crippen LogP contribution is 2.29. The summed E-state index contributed by atoms with van der Waals surface area (Å²) in [5.41, 5.74) is -0.0675. The van der Waals surface area contributed by atoms with E-state index >= 15 is 0 Å². The molecule has 2 rings (SSSR count). The number of nitrogens with zero attached hydrogens (tertiary/aromatic N) is 3. The summed E-state index contributed by atoms with van der Waals surface area (Å²) in [6.45, 7) is 6.51. The predicted octanol–water partition coefficient (Wildman–Crippen LogP) is 1.82. The molecule has 1 aliphatic rings. The lowest BCUT2D eigenvalue weighted by atomic mass is 9.98. The number of aliphatic hydroxyl groups is 1. The van der Waals surface area contributed by atoms with Gasteiger partial charge in [0.15, 0.2) is 0 Å². The maximum Gasteiger partial charge on any atom is 0.324 e. The van der Waals surface area contributed by atoms with Gasteiger partial charge in [0.05, 0.1) is 6.61 Å². The van der Waals surface area contributed by atoms with Gasteiger partial charge in [-0.2, -0.15) is 0 Å². The van der Waals surface area contributed by atoms with Crippen molar-refractivity contribution in [3.63, 3.8) is 0 Å². The van der Waals surface area contributed by atoms with Crippen LogP contribution in [0.1, 0.15) is 38.6 Å². The van der Waals surface area contributed by atoms with Crippen LogP contribution in [0.4, 0.5) is 9.93 Å². The topological polar surface area (TPSA) is 78.4 Å².